The quantitative estimate of drug-likeness (QED) is 0.856. The molecule has 2 N–H and O–H groups in total. The van der Waals surface area contributed by atoms with Crippen molar-refractivity contribution < 1.29 is 13.5 Å². The maximum atomic E-state index is 12.0. The fourth-order valence-corrected chi connectivity index (χ4v) is 2.92. The molecule has 0 amide bonds. The third kappa shape index (κ3) is 3.90. The molecular formula is C15H17NO3S. The summed E-state index contributed by atoms with van der Waals surface area (Å²) in [5, 5.41) is 9.95. The largest absolute Gasteiger partial charge is 0.388 e. The van der Waals surface area contributed by atoms with Crippen LogP contribution in [0.1, 0.15) is 18.1 Å². The van der Waals surface area contributed by atoms with Gasteiger partial charge in [-0.05, 0) is 24.1 Å². The monoisotopic (exact) mass is 291 g/mol. The van der Waals surface area contributed by atoms with Gasteiger partial charge in [-0.1, -0.05) is 48.5 Å². The zero-order chi connectivity index (χ0) is 14.4. The molecular weight excluding hydrogens is 274 g/mol. The summed E-state index contributed by atoms with van der Waals surface area (Å²) in [5.41, 5.74) is 0.784. The fourth-order valence-electron chi connectivity index (χ4n) is 1.85. The van der Waals surface area contributed by atoms with Gasteiger partial charge in [0.2, 0.25) is 10.0 Å². The van der Waals surface area contributed by atoms with Gasteiger partial charge < -0.3 is 5.11 Å². The third-order valence-electron chi connectivity index (χ3n) is 2.95. The van der Waals surface area contributed by atoms with Crippen molar-refractivity contribution in [1.29, 1.82) is 0 Å². The van der Waals surface area contributed by atoms with E-state index in [1.165, 1.54) is 12.1 Å². The third-order valence-corrected chi connectivity index (χ3v) is 4.42. The maximum Gasteiger partial charge on any atom is 0.240 e. The Morgan fingerprint density at radius 2 is 1.50 bits per heavy atom. The summed E-state index contributed by atoms with van der Waals surface area (Å²) in [5.74, 6) is 0. The van der Waals surface area contributed by atoms with Gasteiger partial charge in [-0.25, -0.2) is 13.1 Å². The van der Waals surface area contributed by atoms with E-state index in [2.05, 4.69) is 4.72 Å². The van der Waals surface area contributed by atoms with E-state index in [9.17, 15) is 13.5 Å². The number of aliphatic hydroxyl groups excluding tert-OH is 1. The van der Waals surface area contributed by atoms with Crippen molar-refractivity contribution in [3.63, 3.8) is 0 Å². The van der Waals surface area contributed by atoms with Crippen LogP contribution in [-0.2, 0) is 10.0 Å². The van der Waals surface area contributed by atoms with E-state index in [1.807, 2.05) is 30.3 Å². The summed E-state index contributed by atoms with van der Waals surface area (Å²) in [4.78, 5) is 0.231. The van der Waals surface area contributed by atoms with Crippen LogP contribution in [0.4, 0.5) is 0 Å². The van der Waals surface area contributed by atoms with Gasteiger partial charge in [-0.15, -0.1) is 0 Å². The van der Waals surface area contributed by atoms with Crippen LogP contribution in [0.15, 0.2) is 65.6 Å². The molecule has 2 rings (SSSR count). The average Bonchev–Trinajstić information content (AvgIpc) is 2.49. The van der Waals surface area contributed by atoms with Crippen LogP contribution in [0.3, 0.4) is 0 Å². The summed E-state index contributed by atoms with van der Waals surface area (Å²) in [7, 11) is -3.50. The zero-order valence-corrected chi connectivity index (χ0v) is 11.8. The van der Waals surface area contributed by atoms with Crippen molar-refractivity contribution in [1.82, 2.24) is 4.72 Å². The smallest absolute Gasteiger partial charge is 0.240 e. The molecule has 4 nitrogen and oxygen atoms in total. The van der Waals surface area contributed by atoms with Gasteiger partial charge in [0.15, 0.2) is 0 Å². The predicted molar refractivity (Wildman–Crippen MR) is 77.6 cm³/mol. The molecule has 0 aliphatic rings. The highest BCUT2D eigenvalue weighted by molar-refractivity contribution is 7.89. The van der Waals surface area contributed by atoms with Crippen LogP contribution in [0.5, 0.6) is 0 Å². The van der Waals surface area contributed by atoms with Gasteiger partial charge in [-0.2, -0.15) is 0 Å². The van der Waals surface area contributed by atoms with Crippen molar-refractivity contribution in [3.05, 3.63) is 66.2 Å². The fraction of sp³-hybridized carbons (Fsp3) is 0.200. The maximum absolute atomic E-state index is 12.0. The van der Waals surface area contributed by atoms with Crippen molar-refractivity contribution in [2.24, 2.45) is 0 Å². The second kappa shape index (κ2) is 6.65. The average molecular weight is 291 g/mol. The van der Waals surface area contributed by atoms with Gasteiger partial charge in [0.25, 0.3) is 0 Å². The van der Waals surface area contributed by atoms with E-state index in [4.69, 9.17) is 0 Å². The summed E-state index contributed by atoms with van der Waals surface area (Å²) in [6.45, 7) is 0.188. The minimum absolute atomic E-state index is 0.188. The molecule has 106 valence electrons. The van der Waals surface area contributed by atoms with Gasteiger partial charge >= 0.3 is 0 Å². The Morgan fingerprint density at radius 1 is 0.950 bits per heavy atom. The van der Waals surface area contributed by atoms with E-state index in [0.717, 1.165) is 5.56 Å². The van der Waals surface area contributed by atoms with E-state index in [-0.39, 0.29) is 11.4 Å². The molecule has 0 aromatic heterocycles. The molecule has 2 aromatic carbocycles. The Kier molecular flexibility index (Phi) is 4.89. The van der Waals surface area contributed by atoms with Gasteiger partial charge in [0.05, 0.1) is 11.0 Å². The zero-order valence-electron chi connectivity index (χ0n) is 10.9. The molecule has 0 heterocycles. The normalized spacial score (nSPS) is 13.1. The molecule has 0 saturated heterocycles. The Morgan fingerprint density at radius 3 is 2.10 bits per heavy atom. The Balaban J connectivity index is 1.90. The Hall–Kier alpha value is -1.69. The molecule has 0 bridgehead atoms. The molecule has 0 aliphatic heterocycles. The summed E-state index contributed by atoms with van der Waals surface area (Å²) < 4.78 is 26.4. The molecule has 20 heavy (non-hydrogen) atoms. The summed E-state index contributed by atoms with van der Waals surface area (Å²) in [6.07, 6.45) is -0.342. The Bertz CT molecular complexity index is 627. The lowest BCUT2D eigenvalue weighted by Gasteiger charge is -2.11. The molecule has 0 spiro atoms. The number of nitrogens with one attached hydrogen (secondary N) is 1. The molecule has 1 atom stereocenters. The standard InChI is InChI=1S/C15H17NO3S/c17-15(13-7-3-1-4-8-13)11-12-16-20(18,19)14-9-5-2-6-10-14/h1-10,15-17H,11-12H2/t15-/m0/s1. The van der Waals surface area contributed by atoms with Crippen LogP contribution >= 0.6 is 0 Å². The number of benzene rings is 2. The lowest BCUT2D eigenvalue weighted by atomic mass is 10.1. The molecule has 0 radical (unpaired) electrons. The minimum Gasteiger partial charge on any atom is -0.388 e. The predicted octanol–water partition coefficient (Wildman–Crippen LogP) is 2.09. The van der Waals surface area contributed by atoms with Crippen LogP contribution in [0.25, 0.3) is 0 Å². The highest BCUT2D eigenvalue weighted by Gasteiger charge is 2.14. The lowest BCUT2D eigenvalue weighted by Crippen LogP contribution is -2.25. The molecule has 0 fully saturated rings. The first kappa shape index (κ1) is 14.7. The number of hydrogen-bond donors (Lipinski definition) is 2. The van der Waals surface area contributed by atoms with E-state index >= 15 is 0 Å². The highest BCUT2D eigenvalue weighted by atomic mass is 32.2. The van der Waals surface area contributed by atoms with Gasteiger partial charge in [0, 0.05) is 6.54 Å². The number of sulfonamides is 1. The highest BCUT2D eigenvalue weighted by Crippen LogP contribution is 2.15. The second-order valence-corrected chi connectivity index (χ2v) is 6.19. The number of aliphatic hydroxyl groups is 1. The van der Waals surface area contributed by atoms with Crippen LogP contribution in [-0.4, -0.2) is 20.1 Å². The molecule has 0 saturated carbocycles. The minimum atomic E-state index is -3.50. The molecule has 2 aromatic rings. The summed E-state index contributed by atoms with van der Waals surface area (Å²) >= 11 is 0. The van der Waals surface area contributed by atoms with Gasteiger partial charge in [-0.3, -0.25) is 0 Å². The van der Waals surface area contributed by atoms with Crippen molar-refractivity contribution >= 4 is 10.0 Å². The first-order valence-electron chi connectivity index (χ1n) is 6.37. The molecule has 5 heteroatoms. The summed E-state index contributed by atoms with van der Waals surface area (Å²) in [6, 6.07) is 17.4. The molecule has 0 aliphatic carbocycles. The molecule has 0 unspecified atom stereocenters. The first-order chi connectivity index (χ1) is 9.59. The van der Waals surface area contributed by atoms with Crippen molar-refractivity contribution in [3.8, 4) is 0 Å². The SMILES string of the molecule is O=S(=O)(NCC[C@H](O)c1ccccc1)c1ccccc1. The van der Waals surface area contributed by atoms with E-state index in [0.29, 0.717) is 6.42 Å². The van der Waals surface area contributed by atoms with Crippen molar-refractivity contribution in [2.75, 3.05) is 6.54 Å². The first-order valence-corrected chi connectivity index (χ1v) is 7.85. The number of hydrogen-bond acceptors (Lipinski definition) is 3. The second-order valence-electron chi connectivity index (χ2n) is 4.43. The van der Waals surface area contributed by atoms with E-state index in [1.54, 1.807) is 18.2 Å². The topological polar surface area (TPSA) is 66.4 Å². The van der Waals surface area contributed by atoms with E-state index < -0.39 is 16.1 Å². The lowest BCUT2D eigenvalue weighted by molar-refractivity contribution is 0.169. The van der Waals surface area contributed by atoms with Crippen LogP contribution < -0.4 is 4.72 Å². The van der Waals surface area contributed by atoms with Crippen molar-refractivity contribution in [2.45, 2.75) is 17.4 Å². The van der Waals surface area contributed by atoms with Gasteiger partial charge in [0.1, 0.15) is 0 Å². The Labute approximate surface area is 119 Å². The number of rotatable bonds is 6. The van der Waals surface area contributed by atoms with Crippen LogP contribution in [0.2, 0.25) is 0 Å². The van der Waals surface area contributed by atoms with Crippen LogP contribution in [0, 0.1) is 0 Å².